The van der Waals surface area contributed by atoms with Crippen LogP contribution < -0.4 is 4.90 Å². The molecule has 2 aromatic carbocycles. The van der Waals surface area contributed by atoms with Crippen LogP contribution in [0.25, 0.3) is 0 Å². The highest BCUT2D eigenvalue weighted by Crippen LogP contribution is 2.59. The molecule has 0 bridgehead atoms. The Labute approximate surface area is 169 Å². The van der Waals surface area contributed by atoms with Crippen molar-refractivity contribution in [2.75, 3.05) is 25.0 Å². The largest absolute Gasteiger partial charge is 0.481 e. The average Bonchev–Trinajstić information content (AvgIpc) is 3.47. The van der Waals surface area contributed by atoms with Gasteiger partial charge < -0.3 is 14.9 Å². The summed E-state index contributed by atoms with van der Waals surface area (Å²) < 4.78 is 0. The van der Waals surface area contributed by atoms with Crippen molar-refractivity contribution >= 4 is 23.5 Å². The second-order valence-corrected chi connectivity index (χ2v) is 8.03. The number of rotatable bonds is 4. The molecule has 2 aliphatic rings. The third-order valence-corrected chi connectivity index (χ3v) is 6.34. The summed E-state index contributed by atoms with van der Waals surface area (Å²) in [6.07, 6.45) is 2.18. The van der Waals surface area contributed by atoms with E-state index in [9.17, 15) is 19.5 Å². The number of para-hydroxylation sites is 1. The molecule has 6 heteroatoms. The number of likely N-dealkylation sites (tertiary alicyclic amines) is 1. The van der Waals surface area contributed by atoms with Gasteiger partial charge in [-0.3, -0.25) is 14.4 Å². The number of carbonyl (C=O) groups excluding carboxylic acids is 2. The fraction of sp³-hybridized carbons (Fsp3) is 0.348. The van der Waals surface area contributed by atoms with Crippen molar-refractivity contribution in [2.45, 2.75) is 19.3 Å². The molecule has 2 fully saturated rings. The minimum Gasteiger partial charge on any atom is -0.481 e. The van der Waals surface area contributed by atoms with Crippen molar-refractivity contribution in [3.05, 3.63) is 65.7 Å². The minimum atomic E-state index is -0.724. The van der Waals surface area contributed by atoms with Gasteiger partial charge in [0.15, 0.2) is 0 Å². The molecule has 1 heterocycles. The van der Waals surface area contributed by atoms with E-state index in [1.165, 1.54) is 0 Å². The van der Waals surface area contributed by atoms with E-state index in [4.69, 9.17) is 0 Å². The zero-order valence-corrected chi connectivity index (χ0v) is 16.4. The molecule has 150 valence electrons. The number of amides is 2. The van der Waals surface area contributed by atoms with Crippen molar-refractivity contribution in [1.29, 1.82) is 0 Å². The zero-order valence-electron chi connectivity index (χ0n) is 16.4. The van der Waals surface area contributed by atoms with E-state index in [1.807, 2.05) is 30.3 Å². The van der Waals surface area contributed by atoms with Gasteiger partial charge in [0.1, 0.15) is 0 Å². The van der Waals surface area contributed by atoms with Crippen LogP contribution in [0.1, 0.15) is 40.0 Å². The van der Waals surface area contributed by atoms with Gasteiger partial charge in [-0.1, -0.05) is 24.3 Å². The highest BCUT2D eigenvalue weighted by molar-refractivity contribution is 6.07. The Morgan fingerprint density at radius 1 is 1.00 bits per heavy atom. The first kappa shape index (κ1) is 19.2. The Kier molecular flexibility index (Phi) is 4.86. The predicted octanol–water partition coefficient (Wildman–Crippen LogP) is 3.29. The summed E-state index contributed by atoms with van der Waals surface area (Å²) in [5.74, 6) is -1.26. The molecule has 1 saturated heterocycles. The van der Waals surface area contributed by atoms with E-state index in [1.54, 1.807) is 41.1 Å². The van der Waals surface area contributed by atoms with E-state index < -0.39 is 5.97 Å². The topological polar surface area (TPSA) is 77.9 Å². The van der Waals surface area contributed by atoms with E-state index in [2.05, 4.69) is 0 Å². The lowest BCUT2D eigenvalue weighted by Gasteiger charge is -2.32. The molecule has 1 aliphatic heterocycles. The molecular formula is C23H24N2O4. The molecular weight excluding hydrogens is 368 g/mol. The second-order valence-electron chi connectivity index (χ2n) is 8.03. The summed E-state index contributed by atoms with van der Waals surface area (Å²) in [6, 6.07) is 16.2. The Morgan fingerprint density at radius 2 is 1.66 bits per heavy atom. The van der Waals surface area contributed by atoms with Gasteiger partial charge in [-0.05, 0) is 55.0 Å². The van der Waals surface area contributed by atoms with E-state index in [0.717, 1.165) is 24.9 Å². The molecule has 1 aliphatic carbocycles. The maximum Gasteiger partial charge on any atom is 0.307 e. The molecule has 2 amide bonds. The van der Waals surface area contributed by atoms with Gasteiger partial charge in [-0.15, -0.1) is 0 Å². The molecule has 0 radical (unpaired) electrons. The number of benzene rings is 2. The molecule has 1 unspecified atom stereocenters. The Morgan fingerprint density at radius 3 is 2.28 bits per heavy atom. The molecule has 1 N–H and O–H groups in total. The standard InChI is InChI=1S/C23H24N2O4/c1-24(18-8-3-2-4-9-18)20(26)16-6-5-7-17(14-16)21(27)25-12-10-23(11-13-25)15-19(23)22(28)29/h2-9,14,19H,10-13,15H2,1H3,(H,28,29). The third-order valence-electron chi connectivity index (χ3n) is 6.34. The Bertz CT molecular complexity index is 948. The predicted molar refractivity (Wildman–Crippen MR) is 109 cm³/mol. The molecule has 2 aromatic rings. The fourth-order valence-electron chi connectivity index (χ4n) is 4.33. The monoisotopic (exact) mass is 392 g/mol. The van der Waals surface area contributed by atoms with E-state index >= 15 is 0 Å². The Balaban J connectivity index is 1.44. The molecule has 29 heavy (non-hydrogen) atoms. The molecule has 1 atom stereocenters. The van der Waals surface area contributed by atoms with Crippen molar-refractivity contribution in [2.24, 2.45) is 11.3 Å². The minimum absolute atomic E-state index is 0.107. The molecule has 1 saturated carbocycles. The summed E-state index contributed by atoms with van der Waals surface area (Å²) in [7, 11) is 1.71. The highest BCUT2D eigenvalue weighted by atomic mass is 16.4. The van der Waals surface area contributed by atoms with Crippen LogP contribution in [0.5, 0.6) is 0 Å². The summed E-state index contributed by atoms with van der Waals surface area (Å²) in [6.45, 7) is 1.12. The summed E-state index contributed by atoms with van der Waals surface area (Å²) in [4.78, 5) is 40.3. The van der Waals surface area contributed by atoms with Gasteiger partial charge in [-0.2, -0.15) is 0 Å². The van der Waals surface area contributed by atoms with Crippen molar-refractivity contribution in [1.82, 2.24) is 4.90 Å². The number of nitrogens with zero attached hydrogens (tertiary/aromatic N) is 2. The van der Waals surface area contributed by atoms with Crippen LogP contribution in [0.15, 0.2) is 54.6 Å². The number of aliphatic carboxylic acids is 1. The number of carboxylic acid groups (broad SMARTS) is 1. The average molecular weight is 392 g/mol. The quantitative estimate of drug-likeness (QED) is 0.866. The van der Waals surface area contributed by atoms with Gasteiger partial charge in [-0.25, -0.2) is 0 Å². The maximum atomic E-state index is 12.9. The van der Waals surface area contributed by atoms with Crippen LogP contribution >= 0.6 is 0 Å². The highest BCUT2D eigenvalue weighted by Gasteiger charge is 2.59. The lowest BCUT2D eigenvalue weighted by atomic mass is 9.90. The zero-order chi connectivity index (χ0) is 20.6. The molecule has 6 nitrogen and oxygen atoms in total. The van der Waals surface area contributed by atoms with Crippen LogP contribution in [-0.4, -0.2) is 47.9 Å². The van der Waals surface area contributed by atoms with Crippen LogP contribution in [0, 0.1) is 11.3 Å². The van der Waals surface area contributed by atoms with Crippen LogP contribution in [0.4, 0.5) is 5.69 Å². The molecule has 1 spiro atoms. The number of hydrogen-bond acceptors (Lipinski definition) is 3. The lowest BCUT2D eigenvalue weighted by Crippen LogP contribution is -2.40. The van der Waals surface area contributed by atoms with Gasteiger partial charge in [0.05, 0.1) is 5.92 Å². The lowest BCUT2D eigenvalue weighted by molar-refractivity contribution is -0.139. The number of carbonyl (C=O) groups is 3. The number of carboxylic acids is 1. The SMILES string of the molecule is CN(C(=O)c1cccc(C(=O)N2CCC3(CC2)CC3C(=O)O)c1)c1ccccc1. The van der Waals surface area contributed by atoms with Crippen molar-refractivity contribution in [3.8, 4) is 0 Å². The van der Waals surface area contributed by atoms with Gasteiger partial charge in [0.2, 0.25) is 0 Å². The third kappa shape index (κ3) is 3.62. The van der Waals surface area contributed by atoms with Crippen LogP contribution in [0.3, 0.4) is 0 Å². The molecule has 0 aromatic heterocycles. The summed E-state index contributed by atoms with van der Waals surface area (Å²) in [5, 5.41) is 9.22. The first-order chi connectivity index (χ1) is 13.9. The van der Waals surface area contributed by atoms with Gasteiger partial charge >= 0.3 is 5.97 Å². The first-order valence-corrected chi connectivity index (χ1v) is 9.86. The van der Waals surface area contributed by atoms with Crippen LogP contribution in [-0.2, 0) is 4.79 Å². The van der Waals surface area contributed by atoms with E-state index in [-0.39, 0.29) is 23.1 Å². The summed E-state index contributed by atoms with van der Waals surface area (Å²) in [5.41, 5.74) is 1.62. The smallest absolute Gasteiger partial charge is 0.307 e. The second kappa shape index (κ2) is 7.35. The number of piperidine rings is 1. The van der Waals surface area contributed by atoms with Gasteiger partial charge in [0.25, 0.3) is 11.8 Å². The first-order valence-electron chi connectivity index (χ1n) is 9.86. The molecule has 4 rings (SSSR count). The number of hydrogen-bond donors (Lipinski definition) is 1. The normalized spacial score (nSPS) is 19.6. The van der Waals surface area contributed by atoms with E-state index in [0.29, 0.717) is 24.2 Å². The van der Waals surface area contributed by atoms with Crippen molar-refractivity contribution < 1.29 is 19.5 Å². The summed E-state index contributed by atoms with van der Waals surface area (Å²) >= 11 is 0. The Hall–Kier alpha value is -3.15. The van der Waals surface area contributed by atoms with Gasteiger partial charge in [0, 0.05) is 37.0 Å². The van der Waals surface area contributed by atoms with Crippen molar-refractivity contribution in [3.63, 3.8) is 0 Å². The van der Waals surface area contributed by atoms with Crippen LogP contribution in [0.2, 0.25) is 0 Å². The number of anilines is 1. The maximum absolute atomic E-state index is 12.9. The fourth-order valence-corrected chi connectivity index (χ4v) is 4.33.